The van der Waals surface area contributed by atoms with Crippen LogP contribution in [0.1, 0.15) is 11.6 Å². The fraction of sp³-hybridized carbons (Fsp3) is 0.0714. The summed E-state index contributed by atoms with van der Waals surface area (Å²) in [6.07, 6.45) is 6.66. The van der Waals surface area contributed by atoms with Crippen molar-refractivity contribution in [1.82, 2.24) is 39.0 Å². The summed E-state index contributed by atoms with van der Waals surface area (Å²) in [7, 11) is 0. The standard InChI is InChI=1S/C28H20N8S/c1-17-33-27-23(13-29-15-31-27)35(17)21-7-3-19(4-8-21)25-11-12-26(37-25)20-5-9-22(10-6-20)36-18(2)34-28-24(36)14-30-16-32-28/h3-16H,1-2H3. The fourth-order valence-corrected chi connectivity index (χ4v) is 5.74. The largest absolute Gasteiger partial charge is 0.294 e. The summed E-state index contributed by atoms with van der Waals surface area (Å²) in [6, 6.07) is 21.4. The summed E-state index contributed by atoms with van der Waals surface area (Å²) < 4.78 is 4.16. The van der Waals surface area contributed by atoms with Crippen LogP contribution in [0.4, 0.5) is 0 Å². The van der Waals surface area contributed by atoms with E-state index < -0.39 is 0 Å². The highest BCUT2D eigenvalue weighted by molar-refractivity contribution is 7.18. The molecule has 0 aliphatic carbocycles. The van der Waals surface area contributed by atoms with E-state index in [4.69, 9.17) is 0 Å². The van der Waals surface area contributed by atoms with Gasteiger partial charge in [-0.1, -0.05) is 24.3 Å². The Morgan fingerprint density at radius 3 is 1.43 bits per heavy atom. The van der Waals surface area contributed by atoms with Crippen molar-refractivity contribution in [3.63, 3.8) is 0 Å². The lowest BCUT2D eigenvalue weighted by molar-refractivity contribution is 0.999. The SMILES string of the molecule is Cc1nc2ncncc2n1-c1ccc(-c2ccc(-c3ccc(-n4c(C)nc5ncncc54)cc3)s2)cc1. The fourth-order valence-electron chi connectivity index (χ4n) is 4.72. The van der Waals surface area contributed by atoms with Gasteiger partial charge in [-0.25, -0.2) is 29.9 Å². The number of aromatic nitrogens is 8. The molecule has 2 aromatic carbocycles. The van der Waals surface area contributed by atoms with Crippen molar-refractivity contribution in [3.05, 3.63) is 97.4 Å². The van der Waals surface area contributed by atoms with E-state index in [9.17, 15) is 0 Å². The Balaban J connectivity index is 1.17. The highest BCUT2D eigenvalue weighted by Crippen LogP contribution is 2.35. The van der Waals surface area contributed by atoms with Crippen molar-refractivity contribution in [2.24, 2.45) is 0 Å². The van der Waals surface area contributed by atoms with Crippen LogP contribution in [-0.4, -0.2) is 39.0 Å². The molecular weight excluding hydrogens is 480 g/mol. The van der Waals surface area contributed by atoms with Gasteiger partial charge in [-0.15, -0.1) is 11.3 Å². The molecule has 0 saturated carbocycles. The maximum Gasteiger partial charge on any atom is 0.181 e. The molecule has 0 saturated heterocycles. The van der Waals surface area contributed by atoms with Gasteiger partial charge in [0, 0.05) is 21.1 Å². The number of nitrogens with zero attached hydrogens (tertiary/aromatic N) is 8. The van der Waals surface area contributed by atoms with Gasteiger partial charge in [0.25, 0.3) is 0 Å². The number of fused-ring (bicyclic) bond motifs is 2. The highest BCUT2D eigenvalue weighted by Gasteiger charge is 2.13. The first-order chi connectivity index (χ1) is 18.2. The molecule has 0 aliphatic rings. The van der Waals surface area contributed by atoms with Gasteiger partial charge in [0.15, 0.2) is 11.3 Å². The summed E-state index contributed by atoms with van der Waals surface area (Å²) >= 11 is 1.78. The second-order valence-corrected chi connectivity index (χ2v) is 9.79. The van der Waals surface area contributed by atoms with Crippen molar-refractivity contribution < 1.29 is 0 Å². The third kappa shape index (κ3) is 3.59. The lowest BCUT2D eigenvalue weighted by Crippen LogP contribution is -1.97. The number of benzene rings is 2. The van der Waals surface area contributed by atoms with Crippen molar-refractivity contribution in [3.8, 4) is 32.3 Å². The molecule has 5 aromatic heterocycles. The van der Waals surface area contributed by atoms with E-state index in [0.29, 0.717) is 11.3 Å². The molecule has 0 N–H and O–H groups in total. The normalized spacial score (nSPS) is 11.5. The molecular formula is C28H20N8S. The molecule has 178 valence electrons. The first-order valence-corrected chi connectivity index (χ1v) is 12.6. The second kappa shape index (κ2) is 8.42. The molecule has 0 radical (unpaired) electrons. The number of hydrogen-bond acceptors (Lipinski definition) is 7. The predicted octanol–water partition coefficient (Wildman–Crippen LogP) is 5.96. The van der Waals surface area contributed by atoms with Gasteiger partial charge in [-0.05, 0) is 61.4 Å². The monoisotopic (exact) mass is 500 g/mol. The first-order valence-electron chi connectivity index (χ1n) is 11.8. The third-order valence-electron chi connectivity index (χ3n) is 6.44. The Morgan fingerprint density at radius 2 is 1.00 bits per heavy atom. The van der Waals surface area contributed by atoms with Crippen LogP contribution < -0.4 is 0 Å². The molecule has 0 amide bonds. The molecule has 7 rings (SSSR count). The maximum atomic E-state index is 4.55. The molecule has 5 heterocycles. The summed E-state index contributed by atoms with van der Waals surface area (Å²) in [5, 5.41) is 0. The van der Waals surface area contributed by atoms with E-state index in [2.05, 4.69) is 99.7 Å². The Bertz CT molecular complexity index is 1760. The van der Waals surface area contributed by atoms with Gasteiger partial charge in [-0.3, -0.25) is 9.13 Å². The van der Waals surface area contributed by atoms with Crippen LogP contribution in [0.3, 0.4) is 0 Å². The van der Waals surface area contributed by atoms with Crippen LogP contribution in [0, 0.1) is 13.8 Å². The zero-order chi connectivity index (χ0) is 24.9. The highest BCUT2D eigenvalue weighted by atomic mass is 32.1. The van der Waals surface area contributed by atoms with Crippen LogP contribution in [0.2, 0.25) is 0 Å². The molecule has 0 atom stereocenters. The average Bonchev–Trinajstić information content (AvgIpc) is 3.63. The lowest BCUT2D eigenvalue weighted by Gasteiger charge is -2.08. The predicted molar refractivity (Wildman–Crippen MR) is 145 cm³/mol. The number of rotatable bonds is 4. The Labute approximate surface area is 216 Å². The molecule has 0 bridgehead atoms. The number of aryl methyl sites for hydroxylation is 2. The topological polar surface area (TPSA) is 87.2 Å². The van der Waals surface area contributed by atoms with E-state index in [0.717, 1.165) is 34.1 Å². The summed E-state index contributed by atoms with van der Waals surface area (Å²) in [5.41, 5.74) is 7.65. The van der Waals surface area contributed by atoms with E-state index in [-0.39, 0.29) is 0 Å². The van der Waals surface area contributed by atoms with Gasteiger partial charge in [0.05, 0.1) is 12.4 Å². The zero-order valence-corrected chi connectivity index (χ0v) is 20.9. The minimum Gasteiger partial charge on any atom is -0.294 e. The maximum absolute atomic E-state index is 4.55. The summed E-state index contributed by atoms with van der Waals surface area (Å²) in [4.78, 5) is 28.4. The van der Waals surface area contributed by atoms with Crippen molar-refractivity contribution in [2.75, 3.05) is 0 Å². The molecule has 0 unspecified atom stereocenters. The number of thiophene rings is 1. The number of hydrogen-bond donors (Lipinski definition) is 0. The lowest BCUT2D eigenvalue weighted by atomic mass is 10.1. The summed E-state index contributed by atoms with van der Waals surface area (Å²) in [5.74, 6) is 1.77. The van der Waals surface area contributed by atoms with Crippen LogP contribution in [0.5, 0.6) is 0 Å². The molecule has 37 heavy (non-hydrogen) atoms. The molecule has 0 fully saturated rings. The first kappa shape index (κ1) is 21.5. The zero-order valence-electron chi connectivity index (χ0n) is 20.1. The Morgan fingerprint density at radius 1 is 0.568 bits per heavy atom. The minimum atomic E-state index is 0.704. The second-order valence-electron chi connectivity index (χ2n) is 8.71. The molecule has 0 spiro atoms. The van der Waals surface area contributed by atoms with Gasteiger partial charge in [0.1, 0.15) is 35.3 Å². The Hall–Kier alpha value is -4.76. The van der Waals surface area contributed by atoms with Crippen molar-refractivity contribution in [2.45, 2.75) is 13.8 Å². The molecule has 9 heteroatoms. The molecule has 8 nitrogen and oxygen atoms in total. The van der Waals surface area contributed by atoms with Crippen LogP contribution in [-0.2, 0) is 0 Å². The van der Waals surface area contributed by atoms with E-state index in [1.807, 2.05) is 13.8 Å². The van der Waals surface area contributed by atoms with Gasteiger partial charge < -0.3 is 0 Å². The van der Waals surface area contributed by atoms with Crippen LogP contribution in [0.25, 0.3) is 54.6 Å². The third-order valence-corrected chi connectivity index (χ3v) is 7.62. The molecule has 7 aromatic rings. The minimum absolute atomic E-state index is 0.704. The van der Waals surface area contributed by atoms with Crippen molar-refractivity contribution >= 4 is 33.7 Å². The van der Waals surface area contributed by atoms with Gasteiger partial charge >= 0.3 is 0 Å². The Kier molecular flexibility index (Phi) is 4.90. The molecule has 0 aliphatic heterocycles. The summed E-state index contributed by atoms with van der Waals surface area (Å²) in [6.45, 7) is 3.97. The number of imidazole rings is 2. The van der Waals surface area contributed by atoms with Crippen LogP contribution >= 0.6 is 11.3 Å². The van der Waals surface area contributed by atoms with E-state index >= 15 is 0 Å². The smallest absolute Gasteiger partial charge is 0.181 e. The average molecular weight is 501 g/mol. The van der Waals surface area contributed by atoms with Gasteiger partial charge in [-0.2, -0.15) is 0 Å². The van der Waals surface area contributed by atoms with Crippen molar-refractivity contribution in [1.29, 1.82) is 0 Å². The van der Waals surface area contributed by atoms with Gasteiger partial charge in [0.2, 0.25) is 0 Å². The van der Waals surface area contributed by atoms with Crippen LogP contribution in [0.15, 0.2) is 85.7 Å². The van der Waals surface area contributed by atoms with E-state index in [1.54, 1.807) is 23.7 Å². The quantitative estimate of drug-likeness (QED) is 0.296. The van der Waals surface area contributed by atoms with E-state index in [1.165, 1.54) is 33.5 Å².